The number of anilines is 2. The minimum Gasteiger partial charge on any atom is -0.496 e. The third-order valence-corrected chi connectivity index (χ3v) is 6.98. The number of amides is 2. The molecule has 2 amide bonds. The molecule has 0 unspecified atom stereocenters. The van der Waals surface area contributed by atoms with Gasteiger partial charge in [-0.05, 0) is 51.5 Å². The molecule has 2 aliphatic rings. The molecule has 2 saturated heterocycles. The third kappa shape index (κ3) is 5.54. The summed E-state index contributed by atoms with van der Waals surface area (Å²) >= 11 is 0. The molecule has 1 N–H and O–H groups in total. The Hall–Kier alpha value is -4.61. The fourth-order valence-corrected chi connectivity index (χ4v) is 5.20. The van der Waals surface area contributed by atoms with Crippen molar-refractivity contribution in [3.05, 3.63) is 65.5 Å². The summed E-state index contributed by atoms with van der Waals surface area (Å²) < 4.78 is 40.1. The van der Waals surface area contributed by atoms with Crippen LogP contribution in [0.2, 0.25) is 0 Å². The zero-order valence-corrected chi connectivity index (χ0v) is 23.0. The van der Waals surface area contributed by atoms with Crippen molar-refractivity contribution >= 4 is 29.7 Å². The van der Waals surface area contributed by atoms with Gasteiger partial charge in [-0.2, -0.15) is 0 Å². The molecule has 10 nitrogen and oxygen atoms in total. The van der Waals surface area contributed by atoms with E-state index >= 15 is 0 Å². The summed E-state index contributed by atoms with van der Waals surface area (Å²) in [6.45, 7) is 6.18. The molecule has 0 aliphatic carbocycles. The molecule has 12 heteroatoms. The van der Waals surface area contributed by atoms with Gasteiger partial charge in [0.1, 0.15) is 28.7 Å². The lowest BCUT2D eigenvalue weighted by Gasteiger charge is -2.37. The second-order valence-electron chi connectivity index (χ2n) is 10.9. The molecule has 0 saturated carbocycles. The number of hydrogen-bond acceptors (Lipinski definition) is 8. The van der Waals surface area contributed by atoms with Gasteiger partial charge in [0, 0.05) is 31.4 Å². The summed E-state index contributed by atoms with van der Waals surface area (Å²) in [4.78, 5) is 49.5. The quantitative estimate of drug-likeness (QED) is 0.428. The van der Waals surface area contributed by atoms with Crippen molar-refractivity contribution < 1.29 is 32.6 Å². The number of piperazine rings is 1. The second-order valence-corrected chi connectivity index (χ2v) is 10.9. The fraction of sp³-hybridized carbons (Fsp3) is 0.345. The number of rotatable bonds is 6. The number of ether oxygens (including phenoxy) is 2. The molecule has 2 atom stereocenters. The molecule has 2 bridgehead atoms. The third-order valence-electron chi connectivity index (χ3n) is 6.98. The van der Waals surface area contributed by atoms with Crippen LogP contribution < -0.4 is 15.0 Å². The Bertz CT molecular complexity index is 1530. The van der Waals surface area contributed by atoms with Crippen LogP contribution in [0.5, 0.6) is 5.75 Å². The van der Waals surface area contributed by atoms with Crippen LogP contribution in [0, 0.1) is 11.6 Å². The standard InChI is InChI=1S/C29H29F2N5O5/c1-29(2,3)41-28(39)36-14-17-11-18(36)13-35(17)23-10-16(15-37)20(31)12-22(23)34-27(38)21-8-9-32-26(33-21)25-19(30)6-5-7-24(25)40-4/h5-10,12,15,17-18H,11,13-14H2,1-4H3,(H,34,38)/t17-,18-/m0/s1. The predicted molar refractivity (Wildman–Crippen MR) is 146 cm³/mol. The molecule has 1 aromatic heterocycles. The molecule has 214 valence electrons. The summed E-state index contributed by atoms with van der Waals surface area (Å²) in [6, 6.07) is 7.78. The molecule has 2 aromatic carbocycles. The Kier molecular flexibility index (Phi) is 7.33. The van der Waals surface area contributed by atoms with Crippen molar-refractivity contribution in [3.8, 4) is 17.1 Å². The first-order valence-corrected chi connectivity index (χ1v) is 13.0. The average Bonchev–Trinajstić information content (AvgIpc) is 3.54. The van der Waals surface area contributed by atoms with E-state index in [1.165, 1.54) is 37.6 Å². The Labute approximate surface area is 235 Å². The maximum absolute atomic E-state index is 14.7. The van der Waals surface area contributed by atoms with E-state index in [-0.39, 0.29) is 46.2 Å². The van der Waals surface area contributed by atoms with Crippen LogP contribution in [0.3, 0.4) is 0 Å². The van der Waals surface area contributed by atoms with Crippen LogP contribution in [-0.4, -0.2) is 71.0 Å². The number of likely N-dealkylation sites (tertiary alicyclic amines) is 1. The molecule has 5 rings (SSSR count). The van der Waals surface area contributed by atoms with Gasteiger partial charge in [0.25, 0.3) is 5.91 Å². The van der Waals surface area contributed by atoms with Gasteiger partial charge < -0.3 is 24.6 Å². The highest BCUT2D eigenvalue weighted by Crippen LogP contribution is 2.40. The van der Waals surface area contributed by atoms with Crippen LogP contribution in [-0.2, 0) is 4.74 Å². The minimum absolute atomic E-state index is 0.00523. The Morgan fingerprint density at radius 2 is 1.88 bits per heavy atom. The first-order chi connectivity index (χ1) is 19.5. The Morgan fingerprint density at radius 3 is 2.54 bits per heavy atom. The molecular weight excluding hydrogens is 536 g/mol. The number of aromatic nitrogens is 2. The van der Waals surface area contributed by atoms with E-state index in [0.717, 1.165) is 6.07 Å². The number of nitrogens with one attached hydrogen (secondary N) is 1. The van der Waals surface area contributed by atoms with E-state index < -0.39 is 29.2 Å². The minimum atomic E-state index is -0.807. The van der Waals surface area contributed by atoms with E-state index in [2.05, 4.69) is 15.3 Å². The number of halogens is 2. The summed E-state index contributed by atoms with van der Waals surface area (Å²) in [6.07, 6.45) is 1.96. The second kappa shape index (κ2) is 10.8. The predicted octanol–water partition coefficient (Wildman–Crippen LogP) is 4.69. The molecule has 41 heavy (non-hydrogen) atoms. The van der Waals surface area contributed by atoms with Crippen LogP contribution >= 0.6 is 0 Å². The van der Waals surface area contributed by atoms with Crippen molar-refractivity contribution in [2.75, 3.05) is 30.4 Å². The molecule has 0 spiro atoms. The monoisotopic (exact) mass is 565 g/mol. The van der Waals surface area contributed by atoms with Gasteiger partial charge in [-0.3, -0.25) is 9.59 Å². The Balaban J connectivity index is 1.42. The largest absolute Gasteiger partial charge is 0.496 e. The highest BCUT2D eigenvalue weighted by Gasteiger charge is 2.47. The number of carbonyl (C=O) groups excluding carboxylic acids is 3. The smallest absolute Gasteiger partial charge is 0.410 e. The molecule has 2 aliphatic heterocycles. The number of benzene rings is 2. The van der Waals surface area contributed by atoms with Gasteiger partial charge in [0.2, 0.25) is 0 Å². The lowest BCUT2D eigenvalue weighted by Crippen LogP contribution is -2.50. The number of carbonyl (C=O) groups is 3. The number of nitrogens with zero attached hydrogens (tertiary/aromatic N) is 4. The van der Waals surface area contributed by atoms with E-state index in [4.69, 9.17) is 9.47 Å². The number of fused-ring (bicyclic) bond motifs is 2. The van der Waals surface area contributed by atoms with Crippen LogP contribution in [0.4, 0.5) is 25.0 Å². The normalized spacial score (nSPS) is 17.9. The van der Waals surface area contributed by atoms with Crippen LogP contribution in [0.15, 0.2) is 42.6 Å². The summed E-state index contributed by atoms with van der Waals surface area (Å²) in [7, 11) is 1.38. The average molecular weight is 566 g/mol. The maximum Gasteiger partial charge on any atom is 0.410 e. The number of hydrogen-bond donors (Lipinski definition) is 1. The fourth-order valence-electron chi connectivity index (χ4n) is 5.20. The topological polar surface area (TPSA) is 114 Å². The van der Waals surface area contributed by atoms with Gasteiger partial charge in [-0.15, -0.1) is 0 Å². The molecular formula is C29H29F2N5O5. The number of aldehydes is 1. The van der Waals surface area contributed by atoms with Crippen molar-refractivity contribution in [1.29, 1.82) is 0 Å². The van der Waals surface area contributed by atoms with E-state index in [0.29, 0.717) is 31.5 Å². The van der Waals surface area contributed by atoms with Gasteiger partial charge in [0.15, 0.2) is 12.1 Å². The van der Waals surface area contributed by atoms with Crippen molar-refractivity contribution in [1.82, 2.24) is 14.9 Å². The SMILES string of the molecule is COc1cccc(F)c1-c1nccc(C(=O)Nc2cc(F)c(C=O)cc2N2C[C@@H]3C[C@H]2CN3C(=O)OC(C)(C)C)n1. The number of methoxy groups -OCH3 is 1. The van der Waals surface area contributed by atoms with Crippen molar-refractivity contribution in [3.63, 3.8) is 0 Å². The van der Waals surface area contributed by atoms with Crippen molar-refractivity contribution in [2.45, 2.75) is 44.9 Å². The summed E-state index contributed by atoms with van der Waals surface area (Å²) in [5, 5.41) is 2.69. The molecule has 3 aromatic rings. The first-order valence-electron chi connectivity index (χ1n) is 13.0. The highest BCUT2D eigenvalue weighted by molar-refractivity contribution is 6.05. The zero-order chi connectivity index (χ0) is 29.5. The van der Waals surface area contributed by atoms with Gasteiger partial charge in [0.05, 0.1) is 35.7 Å². The lowest BCUT2D eigenvalue weighted by molar-refractivity contribution is 0.0214. The molecule has 0 radical (unpaired) electrons. The maximum atomic E-state index is 14.7. The van der Waals surface area contributed by atoms with E-state index in [1.54, 1.807) is 31.7 Å². The van der Waals surface area contributed by atoms with Gasteiger partial charge in [-0.1, -0.05) is 6.07 Å². The molecule has 2 fully saturated rings. The van der Waals surface area contributed by atoms with Gasteiger partial charge >= 0.3 is 6.09 Å². The van der Waals surface area contributed by atoms with E-state index in [9.17, 15) is 23.2 Å². The highest BCUT2D eigenvalue weighted by atomic mass is 19.1. The molecule has 3 heterocycles. The zero-order valence-electron chi connectivity index (χ0n) is 23.0. The summed E-state index contributed by atoms with van der Waals surface area (Å²) in [5.74, 6) is -1.99. The Morgan fingerprint density at radius 1 is 1.10 bits per heavy atom. The first kappa shape index (κ1) is 27.9. The lowest BCUT2D eigenvalue weighted by atomic mass is 10.1. The van der Waals surface area contributed by atoms with Crippen molar-refractivity contribution in [2.24, 2.45) is 0 Å². The van der Waals surface area contributed by atoms with Crippen LogP contribution in [0.25, 0.3) is 11.4 Å². The summed E-state index contributed by atoms with van der Waals surface area (Å²) in [5.41, 5.74) is -0.342. The van der Waals surface area contributed by atoms with E-state index in [1.807, 2.05) is 4.90 Å². The van der Waals surface area contributed by atoms with Crippen LogP contribution in [0.1, 0.15) is 48.0 Å². The van der Waals surface area contributed by atoms with Gasteiger partial charge in [-0.25, -0.2) is 23.5 Å².